The third kappa shape index (κ3) is 5.89. The molecule has 2 saturated heterocycles. The summed E-state index contributed by atoms with van der Waals surface area (Å²) in [5.41, 5.74) is 1.24. The van der Waals surface area contributed by atoms with E-state index >= 15 is 0 Å². The highest BCUT2D eigenvalue weighted by atomic mass is 32.1. The highest BCUT2D eigenvalue weighted by Crippen LogP contribution is 2.29. The van der Waals surface area contributed by atoms with E-state index in [1.165, 1.54) is 11.3 Å². The van der Waals surface area contributed by atoms with Gasteiger partial charge in [-0.05, 0) is 38.5 Å². The molecule has 0 spiro atoms. The Morgan fingerprint density at radius 1 is 1.11 bits per heavy atom. The van der Waals surface area contributed by atoms with Crippen LogP contribution in [0.25, 0.3) is 10.6 Å². The number of carbonyl (C=O) groups is 1. The maximum absolute atomic E-state index is 12.7. The van der Waals surface area contributed by atoms with Gasteiger partial charge in [-0.3, -0.25) is 4.79 Å². The van der Waals surface area contributed by atoms with E-state index in [9.17, 15) is 4.79 Å². The van der Waals surface area contributed by atoms with Gasteiger partial charge in [0.1, 0.15) is 6.10 Å². The van der Waals surface area contributed by atoms with Crippen molar-refractivity contribution in [2.45, 2.75) is 25.9 Å². The zero-order valence-electron chi connectivity index (χ0n) is 19.7. The van der Waals surface area contributed by atoms with Crippen molar-refractivity contribution in [3.05, 3.63) is 36.4 Å². The highest BCUT2D eigenvalue weighted by molar-refractivity contribution is 7.18. The molecular weight excluding hydrogens is 466 g/mol. The molecule has 0 aromatic carbocycles. The lowest BCUT2D eigenvalue weighted by Gasteiger charge is -2.33. The summed E-state index contributed by atoms with van der Waals surface area (Å²) in [6.45, 7) is 8.28. The van der Waals surface area contributed by atoms with Crippen LogP contribution in [0.4, 0.5) is 11.1 Å². The largest absolute Gasteiger partial charge is 0.460 e. The first-order chi connectivity index (χ1) is 17.2. The molecule has 2 aliphatic heterocycles. The first-order valence-corrected chi connectivity index (χ1v) is 12.8. The minimum atomic E-state index is -0.0323. The normalized spacial score (nSPS) is 17.3. The molecule has 0 aliphatic carbocycles. The van der Waals surface area contributed by atoms with Gasteiger partial charge in [-0.2, -0.15) is 4.98 Å². The molecule has 0 bridgehead atoms. The third-order valence-electron chi connectivity index (χ3n) is 6.17. The van der Waals surface area contributed by atoms with Crippen LogP contribution in [0.1, 0.15) is 30.1 Å². The summed E-state index contributed by atoms with van der Waals surface area (Å²) >= 11 is 1.43. The van der Waals surface area contributed by atoms with E-state index in [0.29, 0.717) is 22.7 Å². The van der Waals surface area contributed by atoms with Crippen molar-refractivity contribution < 1.29 is 9.53 Å². The number of piperidine rings is 1. The molecule has 11 nitrogen and oxygen atoms in total. The first kappa shape index (κ1) is 23.5. The molecule has 0 atom stereocenters. The van der Waals surface area contributed by atoms with Gasteiger partial charge in [0.2, 0.25) is 5.95 Å². The summed E-state index contributed by atoms with van der Waals surface area (Å²) in [6.07, 6.45) is 8.60. The fourth-order valence-electron chi connectivity index (χ4n) is 4.10. The fraction of sp³-hybridized carbons (Fsp3) is 0.478. The van der Waals surface area contributed by atoms with E-state index in [2.05, 4.69) is 47.4 Å². The summed E-state index contributed by atoms with van der Waals surface area (Å²) in [5, 5.41) is 7.06. The molecule has 35 heavy (non-hydrogen) atoms. The van der Waals surface area contributed by atoms with Crippen LogP contribution in [0.3, 0.4) is 0 Å². The second-order valence-corrected chi connectivity index (χ2v) is 9.50. The molecule has 5 rings (SSSR count). The number of hydrogen-bond acceptors (Lipinski definition) is 11. The second kappa shape index (κ2) is 11.0. The van der Waals surface area contributed by atoms with Gasteiger partial charge in [0, 0.05) is 51.0 Å². The molecule has 2 aliphatic rings. The molecule has 2 fully saturated rings. The zero-order valence-corrected chi connectivity index (χ0v) is 20.5. The Kier molecular flexibility index (Phi) is 7.40. The Morgan fingerprint density at radius 3 is 2.63 bits per heavy atom. The van der Waals surface area contributed by atoms with Crippen LogP contribution in [-0.4, -0.2) is 92.5 Å². The van der Waals surface area contributed by atoms with Crippen molar-refractivity contribution in [3.8, 4) is 16.6 Å². The predicted molar refractivity (Wildman–Crippen MR) is 133 cm³/mol. The number of ether oxygens (including phenoxy) is 1. The Balaban J connectivity index is 1.19. The second-order valence-electron chi connectivity index (χ2n) is 8.47. The average Bonchev–Trinajstić information content (AvgIpc) is 3.38. The van der Waals surface area contributed by atoms with Crippen molar-refractivity contribution >= 4 is 28.3 Å². The summed E-state index contributed by atoms with van der Waals surface area (Å²) in [7, 11) is 0. The number of hydrogen-bond donors (Lipinski definition) is 2. The van der Waals surface area contributed by atoms with Crippen LogP contribution in [0.5, 0.6) is 6.01 Å². The molecule has 2 N–H and O–H groups in total. The Hall–Kier alpha value is -3.22. The molecule has 5 heterocycles. The standard InChI is InChI=1S/C23H29N9O2S/c1-2-31-9-11-32(12-10-31)20(33)16-13-26-21(27-14-16)30-23-28-15-19(35-23)18-5-8-25-22(29-18)34-17-3-6-24-7-4-17/h5,8,13-15,17,24H,2-4,6-7,9-12H2,1H3,(H,26,27,28,30). The SMILES string of the molecule is CCN1CCN(C(=O)c2cnc(Nc3ncc(-c4ccnc(OC5CCNCC5)n4)s3)nc2)CC1. The lowest BCUT2D eigenvalue weighted by molar-refractivity contribution is 0.0642. The minimum absolute atomic E-state index is 0.0323. The Bertz CT molecular complexity index is 1130. The van der Waals surface area contributed by atoms with Gasteiger partial charge in [0.05, 0.1) is 16.1 Å². The van der Waals surface area contributed by atoms with E-state index in [1.807, 2.05) is 11.0 Å². The maximum atomic E-state index is 12.7. The van der Waals surface area contributed by atoms with Crippen LogP contribution >= 0.6 is 11.3 Å². The van der Waals surface area contributed by atoms with Gasteiger partial charge in [-0.1, -0.05) is 18.3 Å². The highest BCUT2D eigenvalue weighted by Gasteiger charge is 2.22. The van der Waals surface area contributed by atoms with Crippen LogP contribution in [0.2, 0.25) is 0 Å². The van der Waals surface area contributed by atoms with Crippen molar-refractivity contribution in [3.63, 3.8) is 0 Å². The quantitative estimate of drug-likeness (QED) is 0.504. The van der Waals surface area contributed by atoms with E-state index in [-0.39, 0.29) is 12.0 Å². The van der Waals surface area contributed by atoms with Crippen LogP contribution in [0.15, 0.2) is 30.9 Å². The third-order valence-corrected chi connectivity index (χ3v) is 7.11. The molecule has 0 saturated carbocycles. The molecule has 184 valence electrons. The number of nitrogens with one attached hydrogen (secondary N) is 2. The summed E-state index contributed by atoms with van der Waals surface area (Å²) < 4.78 is 5.96. The number of anilines is 2. The zero-order chi connectivity index (χ0) is 24.0. The van der Waals surface area contributed by atoms with E-state index < -0.39 is 0 Å². The number of rotatable bonds is 7. The Morgan fingerprint density at radius 2 is 1.89 bits per heavy atom. The van der Waals surface area contributed by atoms with Gasteiger partial charge < -0.3 is 25.2 Å². The van der Waals surface area contributed by atoms with Crippen LogP contribution in [-0.2, 0) is 0 Å². The Labute approximate surface area is 208 Å². The van der Waals surface area contributed by atoms with E-state index in [1.54, 1.807) is 24.8 Å². The van der Waals surface area contributed by atoms with Crippen LogP contribution < -0.4 is 15.4 Å². The predicted octanol–water partition coefficient (Wildman–Crippen LogP) is 2.04. The smallest absolute Gasteiger partial charge is 0.317 e. The average molecular weight is 496 g/mol. The van der Waals surface area contributed by atoms with Crippen LogP contribution in [0, 0.1) is 0 Å². The molecule has 3 aromatic heterocycles. The number of likely N-dealkylation sites (N-methyl/N-ethyl adjacent to an activating group) is 1. The number of nitrogens with zero attached hydrogens (tertiary/aromatic N) is 7. The number of thiazole rings is 1. The monoisotopic (exact) mass is 495 g/mol. The molecule has 12 heteroatoms. The fourth-order valence-corrected chi connectivity index (χ4v) is 4.88. The summed E-state index contributed by atoms with van der Waals surface area (Å²) in [5.74, 6) is 0.353. The summed E-state index contributed by atoms with van der Waals surface area (Å²) in [6, 6.07) is 2.22. The van der Waals surface area contributed by atoms with Gasteiger partial charge in [0.15, 0.2) is 5.13 Å². The number of aromatic nitrogens is 5. The van der Waals surface area contributed by atoms with Crippen molar-refractivity contribution in [2.24, 2.45) is 0 Å². The van der Waals surface area contributed by atoms with Gasteiger partial charge in [-0.25, -0.2) is 19.9 Å². The first-order valence-electron chi connectivity index (χ1n) is 12.0. The van der Waals surface area contributed by atoms with E-state index in [0.717, 1.165) is 69.2 Å². The maximum Gasteiger partial charge on any atom is 0.317 e. The van der Waals surface area contributed by atoms with Gasteiger partial charge in [-0.15, -0.1) is 0 Å². The lowest BCUT2D eigenvalue weighted by atomic mass is 10.1. The van der Waals surface area contributed by atoms with Crippen molar-refractivity contribution in [1.29, 1.82) is 0 Å². The topological polar surface area (TPSA) is 121 Å². The molecule has 0 radical (unpaired) electrons. The van der Waals surface area contributed by atoms with Crippen molar-refractivity contribution in [1.82, 2.24) is 40.0 Å². The van der Waals surface area contributed by atoms with Gasteiger partial charge in [0.25, 0.3) is 5.91 Å². The lowest BCUT2D eigenvalue weighted by Crippen LogP contribution is -2.48. The number of amides is 1. The molecular formula is C23H29N9O2S. The molecule has 3 aromatic rings. The summed E-state index contributed by atoms with van der Waals surface area (Å²) in [4.78, 5) is 39.7. The van der Waals surface area contributed by atoms with Gasteiger partial charge >= 0.3 is 6.01 Å². The number of carbonyl (C=O) groups excluding carboxylic acids is 1. The van der Waals surface area contributed by atoms with Crippen molar-refractivity contribution in [2.75, 3.05) is 51.1 Å². The molecule has 1 amide bonds. The molecule has 0 unspecified atom stereocenters. The minimum Gasteiger partial charge on any atom is -0.460 e. The number of piperazine rings is 1. The van der Waals surface area contributed by atoms with E-state index in [4.69, 9.17) is 4.74 Å².